The third-order valence-electron chi connectivity index (χ3n) is 4.19. The van der Waals surface area contributed by atoms with E-state index in [4.69, 9.17) is 4.74 Å². The van der Waals surface area contributed by atoms with Crippen LogP contribution in [0.3, 0.4) is 0 Å². The lowest BCUT2D eigenvalue weighted by atomic mass is 9.90. The van der Waals surface area contributed by atoms with Crippen molar-refractivity contribution in [2.75, 3.05) is 26.7 Å². The first-order valence-electron chi connectivity index (χ1n) is 7.35. The highest BCUT2D eigenvalue weighted by Gasteiger charge is 2.32. The van der Waals surface area contributed by atoms with Crippen molar-refractivity contribution >= 4 is 11.9 Å². The summed E-state index contributed by atoms with van der Waals surface area (Å²) in [5.41, 5.74) is -0.866. The van der Waals surface area contributed by atoms with E-state index in [1.165, 1.54) is 7.11 Å². The minimum atomic E-state index is -0.866. The van der Waals surface area contributed by atoms with Crippen LogP contribution in [0.5, 0.6) is 0 Å². The Morgan fingerprint density at radius 1 is 1.52 bits per heavy atom. The zero-order valence-corrected chi connectivity index (χ0v) is 13.3. The molecule has 0 radical (unpaired) electrons. The first kappa shape index (κ1) is 17.4. The first-order valence-corrected chi connectivity index (χ1v) is 7.35. The second-order valence-electron chi connectivity index (χ2n) is 6.11. The largest absolute Gasteiger partial charge is 0.469 e. The van der Waals surface area contributed by atoms with Crippen LogP contribution in [0.2, 0.25) is 0 Å². The number of hydrogen-bond donors (Lipinski definition) is 1. The first-order chi connectivity index (χ1) is 9.82. The average molecular weight is 295 g/mol. The molecule has 0 bridgehead atoms. The summed E-state index contributed by atoms with van der Waals surface area (Å²) >= 11 is 0. The number of carbonyl (C=O) groups is 2. The standard InChI is InChI=1S/C15H25N3O3/c1-11(2)15(3,10-16)17-13(19)9-18-7-5-6-12(8-18)14(20)21-4/h11-12H,5-9H2,1-4H3,(H,17,19). The topological polar surface area (TPSA) is 82.4 Å². The Kier molecular flexibility index (Phi) is 6.16. The van der Waals surface area contributed by atoms with Crippen molar-refractivity contribution in [1.29, 1.82) is 5.26 Å². The number of carbonyl (C=O) groups excluding carboxylic acids is 2. The highest BCUT2D eigenvalue weighted by atomic mass is 16.5. The van der Waals surface area contributed by atoms with Crippen LogP contribution in [-0.4, -0.2) is 49.1 Å². The van der Waals surface area contributed by atoms with Gasteiger partial charge in [-0.25, -0.2) is 0 Å². The number of ether oxygens (including phenoxy) is 1. The lowest BCUT2D eigenvalue weighted by Gasteiger charge is -2.32. The van der Waals surface area contributed by atoms with E-state index in [1.54, 1.807) is 6.92 Å². The molecule has 1 fully saturated rings. The van der Waals surface area contributed by atoms with Gasteiger partial charge in [-0.3, -0.25) is 14.5 Å². The quantitative estimate of drug-likeness (QED) is 0.763. The predicted molar refractivity (Wildman–Crippen MR) is 78.2 cm³/mol. The van der Waals surface area contributed by atoms with Crippen molar-refractivity contribution in [3.05, 3.63) is 0 Å². The van der Waals surface area contributed by atoms with Crippen LogP contribution in [0.15, 0.2) is 0 Å². The maximum absolute atomic E-state index is 12.1. The molecule has 6 heteroatoms. The third kappa shape index (κ3) is 4.71. The van der Waals surface area contributed by atoms with Crippen LogP contribution < -0.4 is 5.32 Å². The van der Waals surface area contributed by atoms with Gasteiger partial charge < -0.3 is 10.1 Å². The number of amides is 1. The summed E-state index contributed by atoms with van der Waals surface area (Å²) < 4.78 is 4.76. The minimum Gasteiger partial charge on any atom is -0.469 e. The number of nitriles is 1. The zero-order chi connectivity index (χ0) is 16.0. The van der Waals surface area contributed by atoms with E-state index in [2.05, 4.69) is 11.4 Å². The Hall–Kier alpha value is -1.61. The summed E-state index contributed by atoms with van der Waals surface area (Å²) in [5, 5.41) is 12.0. The van der Waals surface area contributed by atoms with E-state index in [0.29, 0.717) is 6.54 Å². The van der Waals surface area contributed by atoms with Crippen LogP contribution >= 0.6 is 0 Å². The number of methoxy groups -OCH3 is 1. The molecule has 1 amide bonds. The fourth-order valence-electron chi connectivity index (χ4n) is 2.39. The fraction of sp³-hybridized carbons (Fsp3) is 0.800. The summed E-state index contributed by atoms with van der Waals surface area (Å²) in [6.07, 6.45) is 1.67. The van der Waals surface area contributed by atoms with Crippen LogP contribution in [0.1, 0.15) is 33.6 Å². The number of nitrogens with one attached hydrogen (secondary N) is 1. The summed E-state index contributed by atoms with van der Waals surface area (Å²) in [6.45, 7) is 7.05. The monoisotopic (exact) mass is 295 g/mol. The van der Waals surface area contributed by atoms with Crippen molar-refractivity contribution in [3.8, 4) is 6.07 Å². The maximum Gasteiger partial charge on any atom is 0.309 e. The zero-order valence-electron chi connectivity index (χ0n) is 13.3. The highest BCUT2D eigenvalue weighted by Crippen LogP contribution is 2.18. The number of rotatable bonds is 5. The van der Waals surface area contributed by atoms with Gasteiger partial charge in [-0.05, 0) is 32.2 Å². The average Bonchev–Trinajstić information content (AvgIpc) is 2.46. The van der Waals surface area contributed by atoms with E-state index in [9.17, 15) is 14.9 Å². The molecule has 21 heavy (non-hydrogen) atoms. The lowest BCUT2D eigenvalue weighted by molar-refractivity contribution is -0.147. The Labute approximate surface area is 126 Å². The number of likely N-dealkylation sites (tertiary alicyclic amines) is 1. The van der Waals surface area contributed by atoms with Gasteiger partial charge in [-0.2, -0.15) is 5.26 Å². The van der Waals surface area contributed by atoms with Gasteiger partial charge in [-0.1, -0.05) is 13.8 Å². The van der Waals surface area contributed by atoms with Crippen LogP contribution in [0.4, 0.5) is 0 Å². The molecular weight excluding hydrogens is 270 g/mol. The van der Waals surface area contributed by atoms with Crippen molar-refractivity contribution in [2.45, 2.75) is 39.2 Å². The summed E-state index contributed by atoms with van der Waals surface area (Å²) in [6, 6.07) is 2.16. The minimum absolute atomic E-state index is 0.0237. The predicted octanol–water partition coefficient (Wildman–Crippen LogP) is 0.926. The summed E-state index contributed by atoms with van der Waals surface area (Å²) in [5.74, 6) is -0.540. The second-order valence-corrected chi connectivity index (χ2v) is 6.11. The molecule has 1 N–H and O–H groups in total. The SMILES string of the molecule is COC(=O)C1CCCN(CC(=O)NC(C)(C#N)C(C)C)C1. The maximum atomic E-state index is 12.1. The van der Waals surface area contributed by atoms with Crippen LogP contribution in [0.25, 0.3) is 0 Å². The molecule has 2 unspecified atom stereocenters. The van der Waals surface area contributed by atoms with Gasteiger partial charge in [-0.15, -0.1) is 0 Å². The normalized spacial score (nSPS) is 22.2. The van der Waals surface area contributed by atoms with E-state index in [-0.39, 0.29) is 30.3 Å². The van der Waals surface area contributed by atoms with E-state index in [0.717, 1.165) is 19.4 Å². The molecular formula is C15H25N3O3. The summed E-state index contributed by atoms with van der Waals surface area (Å²) in [4.78, 5) is 25.6. The number of piperidine rings is 1. The van der Waals surface area contributed by atoms with Gasteiger partial charge in [0.15, 0.2) is 0 Å². The van der Waals surface area contributed by atoms with E-state index in [1.807, 2.05) is 18.7 Å². The Morgan fingerprint density at radius 2 is 2.19 bits per heavy atom. The number of hydrogen-bond acceptors (Lipinski definition) is 5. The molecule has 0 spiro atoms. The van der Waals surface area contributed by atoms with Gasteiger partial charge in [0.05, 0.1) is 25.6 Å². The van der Waals surface area contributed by atoms with Gasteiger partial charge in [0.2, 0.25) is 5.91 Å². The van der Waals surface area contributed by atoms with Gasteiger partial charge in [0.25, 0.3) is 0 Å². The van der Waals surface area contributed by atoms with Crippen molar-refractivity contribution < 1.29 is 14.3 Å². The molecule has 1 rings (SSSR count). The van der Waals surface area contributed by atoms with Gasteiger partial charge in [0.1, 0.15) is 5.54 Å². The number of esters is 1. The molecule has 0 aromatic rings. The second kappa shape index (κ2) is 7.41. The molecule has 1 aliphatic heterocycles. The smallest absolute Gasteiger partial charge is 0.309 e. The van der Waals surface area contributed by atoms with E-state index >= 15 is 0 Å². The molecule has 1 saturated heterocycles. The molecule has 0 aliphatic carbocycles. The Morgan fingerprint density at radius 3 is 2.71 bits per heavy atom. The number of nitrogens with zero attached hydrogens (tertiary/aromatic N) is 2. The molecule has 0 saturated carbocycles. The van der Waals surface area contributed by atoms with Crippen LogP contribution in [-0.2, 0) is 14.3 Å². The Bertz CT molecular complexity index is 430. The molecule has 2 atom stereocenters. The Balaban J connectivity index is 2.55. The summed E-state index contributed by atoms with van der Waals surface area (Å²) in [7, 11) is 1.38. The van der Waals surface area contributed by atoms with Crippen molar-refractivity contribution in [1.82, 2.24) is 10.2 Å². The van der Waals surface area contributed by atoms with Gasteiger partial charge >= 0.3 is 5.97 Å². The molecule has 118 valence electrons. The lowest BCUT2D eigenvalue weighted by Crippen LogP contribution is -2.53. The molecule has 1 heterocycles. The van der Waals surface area contributed by atoms with Crippen molar-refractivity contribution in [3.63, 3.8) is 0 Å². The molecule has 0 aromatic carbocycles. The van der Waals surface area contributed by atoms with Crippen molar-refractivity contribution in [2.24, 2.45) is 11.8 Å². The molecule has 0 aromatic heterocycles. The van der Waals surface area contributed by atoms with Gasteiger partial charge in [0, 0.05) is 6.54 Å². The van der Waals surface area contributed by atoms with Crippen LogP contribution in [0, 0.1) is 23.2 Å². The molecule has 1 aliphatic rings. The highest BCUT2D eigenvalue weighted by molar-refractivity contribution is 5.79. The third-order valence-corrected chi connectivity index (χ3v) is 4.19. The fourth-order valence-corrected chi connectivity index (χ4v) is 2.39. The molecule has 6 nitrogen and oxygen atoms in total. The van der Waals surface area contributed by atoms with E-state index < -0.39 is 5.54 Å².